The van der Waals surface area contributed by atoms with E-state index in [-0.39, 0.29) is 17.0 Å². The molecule has 6 nitrogen and oxygen atoms in total. The molecule has 0 saturated heterocycles. The molecular formula is C21H36O6. The minimum absolute atomic E-state index is 0.201. The third kappa shape index (κ3) is 3.69. The van der Waals surface area contributed by atoms with Crippen molar-refractivity contribution in [3.8, 4) is 0 Å². The van der Waals surface area contributed by atoms with Crippen LogP contribution in [-0.2, 0) is 9.53 Å². The Bertz CT molecular complexity index is 571. The van der Waals surface area contributed by atoms with Crippen molar-refractivity contribution in [3.05, 3.63) is 11.6 Å². The predicted molar refractivity (Wildman–Crippen MR) is 102 cm³/mol. The lowest BCUT2D eigenvalue weighted by Crippen LogP contribution is -2.70. The van der Waals surface area contributed by atoms with Crippen molar-refractivity contribution in [1.82, 2.24) is 0 Å². The molecule has 2 rings (SSSR count). The summed E-state index contributed by atoms with van der Waals surface area (Å²) in [6.45, 7) is 6.79. The zero-order chi connectivity index (χ0) is 20.5. The Hall–Kier alpha value is -0.950. The van der Waals surface area contributed by atoms with Gasteiger partial charge in [0.25, 0.3) is 0 Å². The van der Waals surface area contributed by atoms with Gasteiger partial charge in [0.2, 0.25) is 0 Å². The number of unbranched alkanes of at least 4 members (excludes halogenated alkanes) is 2. The number of carbonyl (C=O) groups is 1. The molecule has 0 spiro atoms. The number of aliphatic hydroxyl groups excluding tert-OH is 3. The van der Waals surface area contributed by atoms with Gasteiger partial charge in [-0.05, 0) is 36.3 Å². The molecule has 2 aliphatic carbocycles. The number of hydrogen-bond acceptors (Lipinski definition) is 6. The number of carbonyl (C=O) groups excluding carboxylic acids is 1. The van der Waals surface area contributed by atoms with E-state index >= 15 is 0 Å². The Labute approximate surface area is 162 Å². The maximum atomic E-state index is 12.4. The lowest BCUT2D eigenvalue weighted by Gasteiger charge is -2.63. The number of fused-ring (bicyclic) bond motifs is 1. The first kappa shape index (κ1) is 22.3. The summed E-state index contributed by atoms with van der Waals surface area (Å²) in [5, 5.41) is 42.1. The molecule has 0 aromatic carbocycles. The summed E-state index contributed by atoms with van der Waals surface area (Å²) < 4.78 is 5.80. The summed E-state index contributed by atoms with van der Waals surface area (Å²) >= 11 is 0. The molecule has 4 N–H and O–H groups in total. The monoisotopic (exact) mass is 384 g/mol. The molecule has 1 saturated carbocycles. The summed E-state index contributed by atoms with van der Waals surface area (Å²) in [6.07, 6.45) is 4.26. The van der Waals surface area contributed by atoms with Crippen LogP contribution in [0.2, 0.25) is 0 Å². The highest BCUT2D eigenvalue weighted by molar-refractivity contribution is 5.69. The molecule has 0 aromatic heterocycles. The zero-order valence-electron chi connectivity index (χ0n) is 17.1. The molecule has 0 aromatic rings. The van der Waals surface area contributed by atoms with Crippen molar-refractivity contribution in [1.29, 1.82) is 0 Å². The minimum Gasteiger partial charge on any atom is -0.458 e. The van der Waals surface area contributed by atoms with E-state index in [1.807, 2.05) is 13.8 Å². The summed E-state index contributed by atoms with van der Waals surface area (Å²) in [6, 6.07) is 0. The fourth-order valence-electron chi connectivity index (χ4n) is 5.37. The van der Waals surface area contributed by atoms with Gasteiger partial charge >= 0.3 is 5.97 Å². The Morgan fingerprint density at radius 3 is 2.48 bits per heavy atom. The van der Waals surface area contributed by atoms with Crippen molar-refractivity contribution in [2.45, 2.75) is 84.0 Å². The second-order valence-corrected chi connectivity index (χ2v) is 9.08. The molecule has 0 amide bonds. The van der Waals surface area contributed by atoms with Crippen LogP contribution in [-0.4, -0.2) is 57.4 Å². The first-order valence-corrected chi connectivity index (χ1v) is 10.1. The van der Waals surface area contributed by atoms with Crippen molar-refractivity contribution in [3.63, 3.8) is 0 Å². The highest BCUT2D eigenvalue weighted by Crippen LogP contribution is 2.61. The summed E-state index contributed by atoms with van der Waals surface area (Å²) in [5.74, 6) is -0.703. The Morgan fingerprint density at radius 2 is 1.93 bits per heavy atom. The van der Waals surface area contributed by atoms with Crippen LogP contribution in [0.1, 0.15) is 66.2 Å². The summed E-state index contributed by atoms with van der Waals surface area (Å²) in [5.41, 5.74) is -3.05. The standard InChI is InChI=1S/C21H36O6/c1-5-6-7-8-17(25)27-15-11-14(12-22)21(26,13-23)20(4)16(24)9-10-19(2,3)18(15)20/h11,15-16,18,22-24,26H,5-10,12-13H2,1-4H3/t15-,16+,18-,20+,21-/m1/s1. The highest BCUT2D eigenvalue weighted by atomic mass is 16.5. The van der Waals surface area contributed by atoms with E-state index < -0.39 is 42.4 Å². The van der Waals surface area contributed by atoms with Crippen LogP contribution in [0.25, 0.3) is 0 Å². The van der Waals surface area contributed by atoms with E-state index in [1.54, 1.807) is 13.0 Å². The van der Waals surface area contributed by atoms with E-state index in [4.69, 9.17) is 4.74 Å². The normalized spacial score (nSPS) is 38.1. The van der Waals surface area contributed by atoms with Crippen LogP contribution in [0.5, 0.6) is 0 Å². The van der Waals surface area contributed by atoms with Gasteiger partial charge in [0, 0.05) is 17.8 Å². The molecule has 0 unspecified atom stereocenters. The molecule has 1 fully saturated rings. The zero-order valence-corrected chi connectivity index (χ0v) is 17.1. The second kappa shape index (κ2) is 8.19. The van der Waals surface area contributed by atoms with Crippen molar-refractivity contribution in [2.24, 2.45) is 16.7 Å². The fraction of sp³-hybridized carbons (Fsp3) is 0.857. The first-order chi connectivity index (χ1) is 12.6. The Morgan fingerprint density at radius 1 is 1.26 bits per heavy atom. The van der Waals surface area contributed by atoms with E-state index in [0.717, 1.165) is 19.3 Å². The van der Waals surface area contributed by atoms with E-state index in [2.05, 4.69) is 6.92 Å². The largest absolute Gasteiger partial charge is 0.458 e. The van der Waals surface area contributed by atoms with Gasteiger partial charge in [-0.3, -0.25) is 4.79 Å². The fourth-order valence-corrected chi connectivity index (χ4v) is 5.37. The van der Waals surface area contributed by atoms with Gasteiger partial charge in [0.15, 0.2) is 0 Å². The van der Waals surface area contributed by atoms with Crippen molar-refractivity contribution >= 4 is 5.97 Å². The third-order valence-corrected chi connectivity index (χ3v) is 7.01. The van der Waals surface area contributed by atoms with Crippen LogP contribution in [0, 0.1) is 16.7 Å². The van der Waals surface area contributed by atoms with Gasteiger partial charge in [-0.25, -0.2) is 0 Å². The first-order valence-electron chi connectivity index (χ1n) is 10.1. The number of ether oxygens (including phenoxy) is 1. The van der Waals surface area contributed by atoms with Gasteiger partial charge in [0.05, 0.1) is 19.3 Å². The minimum atomic E-state index is -1.77. The molecule has 2 aliphatic rings. The quantitative estimate of drug-likeness (QED) is 0.304. The maximum Gasteiger partial charge on any atom is 0.306 e. The second-order valence-electron chi connectivity index (χ2n) is 9.08. The molecule has 0 bridgehead atoms. The highest BCUT2D eigenvalue weighted by Gasteiger charge is 2.66. The molecular weight excluding hydrogens is 348 g/mol. The van der Waals surface area contributed by atoms with Crippen LogP contribution in [0.3, 0.4) is 0 Å². The SMILES string of the molecule is CCCCCC(=O)O[C@@H]1C=C(CO)[C@](O)(CO)[C@]2(C)[C@H]1C(C)(C)CC[C@@H]2O. The van der Waals surface area contributed by atoms with Crippen LogP contribution >= 0.6 is 0 Å². The van der Waals surface area contributed by atoms with E-state index in [9.17, 15) is 25.2 Å². The Kier molecular flexibility index (Phi) is 6.78. The van der Waals surface area contributed by atoms with Gasteiger partial charge in [-0.2, -0.15) is 0 Å². The van der Waals surface area contributed by atoms with E-state index in [1.165, 1.54) is 0 Å². The number of rotatable bonds is 7. The molecule has 0 radical (unpaired) electrons. The van der Waals surface area contributed by atoms with Gasteiger partial charge in [-0.15, -0.1) is 0 Å². The average Bonchev–Trinajstić information content (AvgIpc) is 2.61. The molecule has 0 aliphatic heterocycles. The molecule has 156 valence electrons. The Balaban J connectivity index is 2.46. The molecule has 27 heavy (non-hydrogen) atoms. The maximum absolute atomic E-state index is 12.4. The number of aliphatic hydroxyl groups is 4. The number of hydrogen-bond donors (Lipinski definition) is 4. The topological polar surface area (TPSA) is 107 Å². The van der Waals surface area contributed by atoms with Crippen LogP contribution in [0.4, 0.5) is 0 Å². The third-order valence-electron chi connectivity index (χ3n) is 7.01. The lowest BCUT2D eigenvalue weighted by molar-refractivity contribution is -0.237. The smallest absolute Gasteiger partial charge is 0.306 e. The average molecular weight is 385 g/mol. The van der Waals surface area contributed by atoms with E-state index in [0.29, 0.717) is 19.3 Å². The predicted octanol–water partition coefficient (Wildman–Crippen LogP) is 1.94. The van der Waals surface area contributed by atoms with Crippen LogP contribution in [0.15, 0.2) is 11.6 Å². The van der Waals surface area contributed by atoms with Crippen LogP contribution < -0.4 is 0 Å². The molecule has 5 atom stereocenters. The van der Waals surface area contributed by atoms with Crippen molar-refractivity contribution in [2.75, 3.05) is 13.2 Å². The molecule has 0 heterocycles. The van der Waals surface area contributed by atoms with Gasteiger partial charge in [-0.1, -0.05) is 40.5 Å². The summed E-state index contributed by atoms with van der Waals surface area (Å²) in [4.78, 5) is 12.4. The van der Waals surface area contributed by atoms with Gasteiger partial charge < -0.3 is 25.2 Å². The summed E-state index contributed by atoms with van der Waals surface area (Å²) in [7, 11) is 0. The number of esters is 1. The van der Waals surface area contributed by atoms with Gasteiger partial charge in [0.1, 0.15) is 11.7 Å². The molecule has 6 heteroatoms. The lowest BCUT2D eigenvalue weighted by atomic mass is 9.45. The van der Waals surface area contributed by atoms with Crippen molar-refractivity contribution < 1.29 is 30.0 Å².